The van der Waals surface area contributed by atoms with Gasteiger partial charge in [-0.2, -0.15) is 0 Å². The van der Waals surface area contributed by atoms with Crippen molar-refractivity contribution in [2.24, 2.45) is 0 Å². The number of anilines is 1. The molecule has 2 rings (SSSR count). The highest BCUT2D eigenvalue weighted by Gasteiger charge is 2.09. The number of nitrogens with zero attached hydrogens (tertiary/aromatic N) is 1. The molecule has 0 spiro atoms. The van der Waals surface area contributed by atoms with Crippen molar-refractivity contribution in [3.05, 3.63) is 65.7 Å². The maximum absolute atomic E-state index is 11.4. The molecule has 0 bridgehead atoms. The Bertz CT molecular complexity index is 742. The van der Waals surface area contributed by atoms with Crippen LogP contribution < -0.4 is 4.90 Å². The van der Waals surface area contributed by atoms with Gasteiger partial charge in [0.05, 0.1) is 17.8 Å². The largest absolute Gasteiger partial charge is 0.478 e. The molecule has 2 aromatic rings. The molecule has 0 fully saturated rings. The Morgan fingerprint density at radius 1 is 1.09 bits per heavy atom. The highest BCUT2D eigenvalue weighted by Crippen LogP contribution is 2.16. The number of aromatic carboxylic acids is 1. The van der Waals surface area contributed by atoms with Crippen LogP contribution in [0.1, 0.15) is 22.8 Å². The van der Waals surface area contributed by atoms with E-state index in [1.807, 2.05) is 30.3 Å². The zero-order valence-corrected chi connectivity index (χ0v) is 12.1. The summed E-state index contributed by atoms with van der Waals surface area (Å²) in [6.07, 6.45) is 0. The second-order valence-corrected chi connectivity index (χ2v) is 4.75. The molecule has 0 aliphatic carbocycles. The van der Waals surface area contributed by atoms with Crippen LogP contribution >= 0.6 is 0 Å². The highest BCUT2D eigenvalue weighted by atomic mass is 16.4. The molecule has 0 saturated carbocycles. The smallest absolute Gasteiger partial charge is 0.335 e. The van der Waals surface area contributed by atoms with Gasteiger partial charge in [0.15, 0.2) is 0 Å². The van der Waals surface area contributed by atoms with Gasteiger partial charge in [0.2, 0.25) is 0 Å². The van der Waals surface area contributed by atoms with E-state index in [1.54, 1.807) is 17.0 Å². The summed E-state index contributed by atoms with van der Waals surface area (Å²) in [5.41, 5.74) is 1.57. The number of carbonyl (C=O) groups excluding carboxylic acids is 1. The van der Waals surface area contributed by atoms with Gasteiger partial charge >= 0.3 is 5.97 Å². The molecule has 1 N–H and O–H groups in total. The first-order chi connectivity index (χ1) is 10.6. The lowest BCUT2D eigenvalue weighted by molar-refractivity contribution is -0.115. The second-order valence-electron chi connectivity index (χ2n) is 4.75. The molecule has 0 heterocycles. The molecule has 110 valence electrons. The topological polar surface area (TPSA) is 57.6 Å². The van der Waals surface area contributed by atoms with Crippen molar-refractivity contribution in [2.45, 2.75) is 6.92 Å². The number of Topliss-reactive ketones (excluding diaryl/α,β-unsaturated/α-hetero) is 1. The molecule has 2 aromatic carbocycles. The molecular weight excluding hydrogens is 278 g/mol. The number of ketones is 1. The first-order valence-corrected chi connectivity index (χ1v) is 6.73. The van der Waals surface area contributed by atoms with E-state index in [9.17, 15) is 9.59 Å². The summed E-state index contributed by atoms with van der Waals surface area (Å²) in [7, 11) is 0. The fourth-order valence-corrected chi connectivity index (χ4v) is 1.88. The molecule has 0 saturated heterocycles. The summed E-state index contributed by atoms with van der Waals surface area (Å²) in [4.78, 5) is 24.0. The van der Waals surface area contributed by atoms with Gasteiger partial charge in [0.25, 0.3) is 0 Å². The maximum atomic E-state index is 11.4. The van der Waals surface area contributed by atoms with E-state index in [4.69, 9.17) is 5.11 Å². The Morgan fingerprint density at radius 2 is 1.82 bits per heavy atom. The van der Waals surface area contributed by atoms with Crippen LogP contribution in [0.5, 0.6) is 0 Å². The minimum absolute atomic E-state index is 0.0527. The zero-order valence-electron chi connectivity index (χ0n) is 12.1. The number of hydrogen-bond acceptors (Lipinski definition) is 3. The van der Waals surface area contributed by atoms with Gasteiger partial charge in [0, 0.05) is 11.6 Å². The Hall–Kier alpha value is -3.06. The number of rotatable bonds is 4. The normalized spacial score (nSPS) is 9.50. The lowest BCUT2D eigenvalue weighted by atomic mass is 10.2. The predicted molar refractivity (Wildman–Crippen MR) is 84.7 cm³/mol. The third-order valence-corrected chi connectivity index (χ3v) is 2.89. The van der Waals surface area contributed by atoms with Crippen LogP contribution in [0, 0.1) is 12.0 Å². The van der Waals surface area contributed by atoms with Crippen molar-refractivity contribution in [1.82, 2.24) is 0 Å². The summed E-state index contributed by atoms with van der Waals surface area (Å²) in [6.45, 7) is 1.57. The van der Waals surface area contributed by atoms with Crippen molar-refractivity contribution in [1.29, 1.82) is 0 Å². The molecule has 0 atom stereocenters. The van der Waals surface area contributed by atoms with Gasteiger partial charge in [-0.25, -0.2) is 4.79 Å². The van der Waals surface area contributed by atoms with Crippen molar-refractivity contribution in [2.75, 3.05) is 11.4 Å². The summed E-state index contributed by atoms with van der Waals surface area (Å²) < 4.78 is 0. The van der Waals surface area contributed by atoms with Gasteiger partial charge in [-0.1, -0.05) is 24.3 Å². The van der Waals surface area contributed by atoms with Crippen LogP contribution in [-0.2, 0) is 4.79 Å². The van der Waals surface area contributed by atoms with Crippen LogP contribution in [0.4, 0.5) is 5.69 Å². The Labute approximate surface area is 129 Å². The highest BCUT2D eigenvalue weighted by molar-refractivity contribution is 5.89. The number of carbonyl (C=O) groups is 2. The molecule has 0 aliphatic heterocycles. The SMILES string of the molecule is CC(=O)CN(C#Cc1ccccc1)c1cccc(C(=O)O)c1. The van der Waals surface area contributed by atoms with Crippen LogP contribution in [0.25, 0.3) is 0 Å². The predicted octanol–water partition coefficient (Wildman–Crippen LogP) is 2.79. The lowest BCUT2D eigenvalue weighted by Gasteiger charge is -2.16. The first kappa shape index (κ1) is 15.3. The van der Waals surface area contributed by atoms with Crippen molar-refractivity contribution in [3.63, 3.8) is 0 Å². The minimum Gasteiger partial charge on any atom is -0.478 e. The van der Waals surface area contributed by atoms with E-state index in [1.165, 1.54) is 19.1 Å². The average Bonchev–Trinajstić information content (AvgIpc) is 2.52. The zero-order chi connectivity index (χ0) is 15.9. The molecule has 4 nitrogen and oxygen atoms in total. The van der Waals surface area contributed by atoms with E-state index in [-0.39, 0.29) is 17.9 Å². The molecular formula is C18H15NO3. The summed E-state index contributed by atoms with van der Waals surface area (Å²) in [5, 5.41) is 9.06. The fraction of sp³-hybridized carbons (Fsp3) is 0.111. The van der Waals surface area contributed by atoms with E-state index in [2.05, 4.69) is 12.0 Å². The Balaban J connectivity index is 2.34. The van der Waals surface area contributed by atoms with Crippen LogP contribution in [0.3, 0.4) is 0 Å². The summed E-state index contributed by atoms with van der Waals surface area (Å²) >= 11 is 0. The van der Waals surface area contributed by atoms with Crippen LogP contribution in [-0.4, -0.2) is 23.4 Å². The van der Waals surface area contributed by atoms with Gasteiger partial charge in [0.1, 0.15) is 5.78 Å². The number of benzene rings is 2. The number of carboxylic acids is 1. The first-order valence-electron chi connectivity index (χ1n) is 6.73. The number of carboxylic acid groups (broad SMARTS) is 1. The monoisotopic (exact) mass is 293 g/mol. The third kappa shape index (κ3) is 4.22. The van der Waals surface area contributed by atoms with E-state index >= 15 is 0 Å². The van der Waals surface area contributed by atoms with Crippen molar-refractivity contribution >= 4 is 17.4 Å². The fourth-order valence-electron chi connectivity index (χ4n) is 1.88. The molecule has 4 heteroatoms. The van der Waals surface area contributed by atoms with Gasteiger partial charge < -0.3 is 5.11 Å². The summed E-state index contributed by atoms with van der Waals surface area (Å²) in [5.74, 6) is 1.91. The van der Waals surface area contributed by atoms with E-state index in [0.29, 0.717) is 5.69 Å². The second kappa shape index (κ2) is 7.09. The summed E-state index contributed by atoms with van der Waals surface area (Å²) in [6, 6.07) is 18.7. The van der Waals surface area contributed by atoms with Crippen LogP contribution in [0.15, 0.2) is 54.6 Å². The maximum Gasteiger partial charge on any atom is 0.335 e. The van der Waals surface area contributed by atoms with Crippen molar-refractivity contribution < 1.29 is 14.7 Å². The lowest BCUT2D eigenvalue weighted by Crippen LogP contribution is -2.23. The average molecular weight is 293 g/mol. The molecule has 0 radical (unpaired) electrons. The molecule has 0 unspecified atom stereocenters. The molecule has 22 heavy (non-hydrogen) atoms. The Morgan fingerprint density at radius 3 is 2.45 bits per heavy atom. The Kier molecular flexibility index (Phi) is 4.94. The van der Waals surface area contributed by atoms with Gasteiger partial charge in [-0.3, -0.25) is 9.69 Å². The standard InChI is InChI=1S/C18H15NO3/c1-14(20)13-19(11-10-15-6-3-2-4-7-15)17-9-5-8-16(12-17)18(21)22/h2-9,12H,13H2,1H3,(H,21,22). The minimum atomic E-state index is -1.01. The number of hydrogen-bond donors (Lipinski definition) is 1. The molecule has 0 amide bonds. The molecule has 0 aliphatic rings. The molecule has 0 aromatic heterocycles. The van der Waals surface area contributed by atoms with Crippen molar-refractivity contribution in [3.8, 4) is 12.0 Å². The van der Waals surface area contributed by atoms with E-state index in [0.717, 1.165) is 5.56 Å². The van der Waals surface area contributed by atoms with Crippen LogP contribution in [0.2, 0.25) is 0 Å². The quantitative estimate of drug-likeness (QED) is 0.695. The van der Waals surface area contributed by atoms with Gasteiger partial charge in [-0.05, 0) is 43.2 Å². The van der Waals surface area contributed by atoms with E-state index < -0.39 is 5.97 Å². The third-order valence-electron chi connectivity index (χ3n) is 2.89. The van der Waals surface area contributed by atoms with Gasteiger partial charge in [-0.15, -0.1) is 0 Å².